The molecule has 0 aliphatic carbocycles. The van der Waals surface area contributed by atoms with E-state index in [9.17, 15) is 14.3 Å². The summed E-state index contributed by atoms with van der Waals surface area (Å²) < 4.78 is 23.4. The number of hydrogen-bond donors (Lipinski definition) is 2. The Balaban J connectivity index is 1.82. The number of nitrogens with one attached hydrogen (secondary N) is 1. The van der Waals surface area contributed by atoms with E-state index in [4.69, 9.17) is 9.15 Å². The van der Waals surface area contributed by atoms with E-state index in [1.54, 1.807) is 18.2 Å². The van der Waals surface area contributed by atoms with E-state index in [1.165, 1.54) is 31.4 Å². The van der Waals surface area contributed by atoms with Gasteiger partial charge < -0.3 is 19.6 Å². The van der Waals surface area contributed by atoms with Crippen molar-refractivity contribution in [3.05, 3.63) is 54.2 Å². The quantitative estimate of drug-likeness (QED) is 0.852. The van der Waals surface area contributed by atoms with Gasteiger partial charge in [0.15, 0.2) is 18.2 Å². The fourth-order valence-corrected chi connectivity index (χ4v) is 1.70. The van der Waals surface area contributed by atoms with Crippen molar-refractivity contribution < 1.29 is 23.4 Å². The number of benzene rings is 1. The van der Waals surface area contributed by atoms with Crippen LogP contribution in [0.1, 0.15) is 12.7 Å². The highest BCUT2D eigenvalue weighted by Gasteiger charge is 2.26. The van der Waals surface area contributed by atoms with Crippen LogP contribution in [0.15, 0.2) is 47.1 Å². The summed E-state index contributed by atoms with van der Waals surface area (Å²) in [5, 5.41) is 12.6. The van der Waals surface area contributed by atoms with E-state index >= 15 is 0 Å². The van der Waals surface area contributed by atoms with Crippen LogP contribution in [-0.2, 0) is 10.4 Å². The molecule has 2 aromatic rings. The molecule has 0 fully saturated rings. The highest BCUT2D eigenvalue weighted by Crippen LogP contribution is 2.19. The van der Waals surface area contributed by atoms with E-state index < -0.39 is 17.3 Å². The molecule has 5 nitrogen and oxygen atoms in total. The van der Waals surface area contributed by atoms with Crippen molar-refractivity contribution in [1.29, 1.82) is 0 Å². The second kappa shape index (κ2) is 6.41. The van der Waals surface area contributed by atoms with Crippen LogP contribution in [0.4, 0.5) is 4.39 Å². The van der Waals surface area contributed by atoms with Crippen molar-refractivity contribution in [3.8, 4) is 5.75 Å². The molecule has 0 bridgehead atoms. The minimum absolute atomic E-state index is 0.00504. The summed E-state index contributed by atoms with van der Waals surface area (Å²) >= 11 is 0. The lowest BCUT2D eigenvalue weighted by molar-refractivity contribution is -0.124. The Bertz CT molecular complexity index is 595. The SMILES string of the molecule is CC(O)(CNC(=O)COc1ccccc1F)c1ccco1. The Labute approximate surface area is 121 Å². The Morgan fingerprint density at radius 3 is 2.81 bits per heavy atom. The van der Waals surface area contributed by atoms with Gasteiger partial charge in [0.05, 0.1) is 12.8 Å². The second-order valence-corrected chi connectivity index (χ2v) is 4.75. The molecule has 1 heterocycles. The summed E-state index contributed by atoms with van der Waals surface area (Å²) in [6.45, 7) is 1.14. The first-order valence-electron chi connectivity index (χ1n) is 6.39. The molecule has 0 spiro atoms. The van der Waals surface area contributed by atoms with Gasteiger partial charge in [0.2, 0.25) is 0 Å². The Kier molecular flexibility index (Phi) is 4.59. The molecular weight excluding hydrogens is 277 g/mol. The number of amides is 1. The minimum atomic E-state index is -1.32. The van der Waals surface area contributed by atoms with Crippen molar-refractivity contribution in [2.45, 2.75) is 12.5 Å². The molecule has 21 heavy (non-hydrogen) atoms. The normalized spacial score (nSPS) is 13.5. The third kappa shape index (κ3) is 4.06. The predicted molar refractivity (Wildman–Crippen MR) is 73.2 cm³/mol. The van der Waals surface area contributed by atoms with Crippen LogP contribution < -0.4 is 10.1 Å². The van der Waals surface area contributed by atoms with Crippen LogP contribution in [0.5, 0.6) is 5.75 Å². The number of para-hydroxylation sites is 1. The number of furan rings is 1. The zero-order chi connectivity index (χ0) is 15.3. The molecule has 1 amide bonds. The Hall–Kier alpha value is -2.34. The van der Waals surface area contributed by atoms with Gasteiger partial charge >= 0.3 is 0 Å². The summed E-state index contributed by atoms with van der Waals surface area (Å²) in [7, 11) is 0. The van der Waals surface area contributed by atoms with Gasteiger partial charge in [-0.1, -0.05) is 12.1 Å². The maximum Gasteiger partial charge on any atom is 0.258 e. The maximum absolute atomic E-state index is 13.3. The molecule has 0 saturated carbocycles. The number of ether oxygens (including phenoxy) is 1. The predicted octanol–water partition coefficient (Wildman–Crippen LogP) is 1.82. The van der Waals surface area contributed by atoms with Crippen LogP contribution in [0.25, 0.3) is 0 Å². The molecule has 6 heteroatoms. The van der Waals surface area contributed by atoms with Gasteiger partial charge in [-0.3, -0.25) is 4.79 Å². The third-order valence-electron chi connectivity index (χ3n) is 2.88. The second-order valence-electron chi connectivity index (χ2n) is 4.75. The van der Waals surface area contributed by atoms with Gasteiger partial charge in [-0.05, 0) is 31.2 Å². The first kappa shape index (κ1) is 15.1. The largest absolute Gasteiger partial charge is 0.481 e. The van der Waals surface area contributed by atoms with Crippen LogP contribution in [0, 0.1) is 5.82 Å². The van der Waals surface area contributed by atoms with Crippen molar-refractivity contribution in [3.63, 3.8) is 0 Å². The van der Waals surface area contributed by atoms with Gasteiger partial charge in [0.25, 0.3) is 5.91 Å². The van der Waals surface area contributed by atoms with Crippen LogP contribution >= 0.6 is 0 Å². The molecule has 1 unspecified atom stereocenters. The number of carbonyl (C=O) groups excluding carboxylic acids is 1. The van der Waals surface area contributed by atoms with E-state index in [-0.39, 0.29) is 18.9 Å². The zero-order valence-electron chi connectivity index (χ0n) is 11.5. The standard InChI is InChI=1S/C15H16FNO4/c1-15(19,13-7-4-8-20-13)10-17-14(18)9-21-12-6-3-2-5-11(12)16/h2-8,19H,9-10H2,1H3,(H,17,18). The lowest BCUT2D eigenvalue weighted by Crippen LogP contribution is -2.40. The molecule has 1 atom stereocenters. The van der Waals surface area contributed by atoms with Gasteiger partial charge in [-0.2, -0.15) is 0 Å². The molecule has 1 aromatic carbocycles. The molecule has 0 aliphatic rings. The summed E-state index contributed by atoms with van der Waals surface area (Å²) in [5.41, 5.74) is -1.32. The topological polar surface area (TPSA) is 71.7 Å². The first-order chi connectivity index (χ1) is 9.99. The summed E-state index contributed by atoms with van der Waals surface area (Å²) in [6.07, 6.45) is 1.44. The van der Waals surface area contributed by atoms with E-state index in [0.717, 1.165) is 0 Å². The van der Waals surface area contributed by atoms with Crippen molar-refractivity contribution in [2.75, 3.05) is 13.2 Å². The lowest BCUT2D eigenvalue weighted by Gasteiger charge is -2.21. The summed E-state index contributed by atoms with van der Waals surface area (Å²) in [5.74, 6) is -0.652. The van der Waals surface area contributed by atoms with E-state index in [0.29, 0.717) is 5.76 Å². The van der Waals surface area contributed by atoms with Crippen molar-refractivity contribution >= 4 is 5.91 Å². The molecule has 2 N–H and O–H groups in total. The van der Waals surface area contributed by atoms with Crippen LogP contribution in [0.2, 0.25) is 0 Å². The van der Waals surface area contributed by atoms with Crippen molar-refractivity contribution in [2.24, 2.45) is 0 Å². The third-order valence-corrected chi connectivity index (χ3v) is 2.88. The van der Waals surface area contributed by atoms with Gasteiger partial charge in [0.1, 0.15) is 11.4 Å². The molecule has 1 aromatic heterocycles. The van der Waals surface area contributed by atoms with E-state index in [1.807, 2.05) is 0 Å². The highest BCUT2D eigenvalue weighted by atomic mass is 19.1. The van der Waals surface area contributed by atoms with Crippen molar-refractivity contribution in [1.82, 2.24) is 5.32 Å². The highest BCUT2D eigenvalue weighted by molar-refractivity contribution is 5.77. The summed E-state index contributed by atoms with van der Waals surface area (Å²) in [4.78, 5) is 11.6. The average Bonchev–Trinajstić information content (AvgIpc) is 2.99. The Morgan fingerprint density at radius 1 is 1.38 bits per heavy atom. The fourth-order valence-electron chi connectivity index (χ4n) is 1.70. The minimum Gasteiger partial charge on any atom is -0.481 e. The maximum atomic E-state index is 13.3. The monoisotopic (exact) mass is 293 g/mol. The van der Waals surface area contributed by atoms with E-state index in [2.05, 4.69) is 5.32 Å². The number of aliphatic hydroxyl groups is 1. The molecule has 0 saturated heterocycles. The molecule has 0 aliphatic heterocycles. The number of halogens is 1. The average molecular weight is 293 g/mol. The number of hydrogen-bond acceptors (Lipinski definition) is 4. The van der Waals surface area contributed by atoms with Crippen LogP contribution in [0.3, 0.4) is 0 Å². The molecule has 0 radical (unpaired) electrons. The first-order valence-corrected chi connectivity index (χ1v) is 6.39. The smallest absolute Gasteiger partial charge is 0.258 e. The zero-order valence-corrected chi connectivity index (χ0v) is 11.5. The number of rotatable bonds is 6. The number of carbonyl (C=O) groups is 1. The van der Waals surface area contributed by atoms with Gasteiger partial charge in [-0.25, -0.2) is 4.39 Å². The molecule has 2 rings (SSSR count). The fraction of sp³-hybridized carbons (Fsp3) is 0.267. The van der Waals surface area contributed by atoms with Gasteiger partial charge in [0, 0.05) is 0 Å². The molecule has 112 valence electrons. The summed E-state index contributed by atoms with van der Waals surface area (Å²) in [6, 6.07) is 9.08. The van der Waals surface area contributed by atoms with Gasteiger partial charge in [-0.15, -0.1) is 0 Å². The van der Waals surface area contributed by atoms with Crippen LogP contribution in [-0.4, -0.2) is 24.2 Å². The molecular formula is C15H16FNO4. The lowest BCUT2D eigenvalue weighted by atomic mass is 10.0. The Morgan fingerprint density at radius 2 is 2.14 bits per heavy atom.